The largest absolute Gasteiger partial charge is 0.343 e. The number of amides is 1. The molecule has 1 saturated heterocycles. The zero-order chi connectivity index (χ0) is 14.1. The number of hydrogen-bond acceptors (Lipinski definition) is 3. The molecule has 1 rings (SSSR count). The maximum absolute atomic E-state index is 11.9. The zero-order valence-electron chi connectivity index (χ0n) is 12.7. The van der Waals surface area contributed by atoms with Crippen LogP contribution < -0.4 is 5.73 Å². The highest BCUT2D eigenvalue weighted by atomic mass is 16.2. The molecule has 4 heteroatoms. The maximum atomic E-state index is 11.9. The molecule has 0 aromatic heterocycles. The molecule has 0 bridgehead atoms. The number of carbonyl (C=O) groups excluding carboxylic acids is 1. The fourth-order valence-electron chi connectivity index (χ4n) is 2.74. The molecule has 0 aromatic carbocycles. The monoisotopic (exact) mass is 269 g/mol. The van der Waals surface area contributed by atoms with E-state index < -0.39 is 0 Å². The fourth-order valence-corrected chi connectivity index (χ4v) is 2.74. The van der Waals surface area contributed by atoms with Crippen LogP contribution in [0.25, 0.3) is 0 Å². The fraction of sp³-hybridized carbons (Fsp3) is 0.933. The molecule has 0 aromatic rings. The van der Waals surface area contributed by atoms with E-state index in [2.05, 4.69) is 18.9 Å². The van der Waals surface area contributed by atoms with Crippen molar-refractivity contribution in [3.63, 3.8) is 0 Å². The van der Waals surface area contributed by atoms with Crippen molar-refractivity contribution >= 4 is 5.91 Å². The van der Waals surface area contributed by atoms with Gasteiger partial charge in [-0.3, -0.25) is 4.79 Å². The molecule has 112 valence electrons. The van der Waals surface area contributed by atoms with Crippen LogP contribution in [0.1, 0.15) is 45.4 Å². The van der Waals surface area contributed by atoms with Crippen molar-refractivity contribution in [3.8, 4) is 0 Å². The Morgan fingerprint density at radius 2 is 2.00 bits per heavy atom. The lowest BCUT2D eigenvalue weighted by atomic mass is 9.96. The second-order valence-corrected chi connectivity index (χ2v) is 5.83. The summed E-state index contributed by atoms with van der Waals surface area (Å²) in [6.07, 6.45) is 6.30. The molecule has 0 aliphatic carbocycles. The van der Waals surface area contributed by atoms with Gasteiger partial charge in [0.25, 0.3) is 0 Å². The van der Waals surface area contributed by atoms with Crippen molar-refractivity contribution in [2.75, 3.05) is 39.8 Å². The molecule has 0 saturated carbocycles. The van der Waals surface area contributed by atoms with E-state index in [0.29, 0.717) is 18.9 Å². The van der Waals surface area contributed by atoms with Crippen LogP contribution in [0.3, 0.4) is 0 Å². The predicted octanol–water partition coefficient (Wildman–Crippen LogP) is 1.70. The van der Waals surface area contributed by atoms with Crippen LogP contribution in [0.15, 0.2) is 0 Å². The molecule has 0 unspecified atom stereocenters. The van der Waals surface area contributed by atoms with Crippen LogP contribution in [-0.4, -0.2) is 55.5 Å². The molecular weight excluding hydrogens is 238 g/mol. The summed E-state index contributed by atoms with van der Waals surface area (Å²) in [6.45, 7) is 7.12. The number of nitrogens with zero attached hydrogens (tertiary/aromatic N) is 2. The van der Waals surface area contributed by atoms with Crippen LogP contribution in [0.5, 0.6) is 0 Å². The lowest BCUT2D eigenvalue weighted by molar-refractivity contribution is -0.132. The third-order valence-corrected chi connectivity index (χ3v) is 4.03. The first-order chi connectivity index (χ1) is 9.17. The minimum absolute atomic E-state index is 0.295. The molecule has 1 aliphatic heterocycles. The summed E-state index contributed by atoms with van der Waals surface area (Å²) in [5.41, 5.74) is 5.45. The van der Waals surface area contributed by atoms with E-state index in [1.165, 1.54) is 25.9 Å². The Bertz CT molecular complexity index is 250. The first kappa shape index (κ1) is 16.4. The third kappa shape index (κ3) is 6.39. The smallest absolute Gasteiger partial charge is 0.222 e. The van der Waals surface area contributed by atoms with Gasteiger partial charge in [0.15, 0.2) is 0 Å². The molecule has 1 fully saturated rings. The number of rotatable bonds is 8. The molecule has 1 amide bonds. The Hall–Kier alpha value is -0.610. The van der Waals surface area contributed by atoms with Crippen molar-refractivity contribution in [1.82, 2.24) is 9.80 Å². The number of likely N-dealkylation sites (tertiary alicyclic amines) is 1. The Morgan fingerprint density at radius 1 is 1.32 bits per heavy atom. The highest BCUT2D eigenvalue weighted by Gasteiger charge is 2.22. The lowest BCUT2D eigenvalue weighted by Gasteiger charge is -2.34. The van der Waals surface area contributed by atoms with Crippen molar-refractivity contribution in [1.29, 1.82) is 0 Å². The molecule has 1 heterocycles. The first-order valence-corrected chi connectivity index (χ1v) is 7.83. The van der Waals surface area contributed by atoms with Gasteiger partial charge in [0.1, 0.15) is 0 Å². The van der Waals surface area contributed by atoms with Crippen molar-refractivity contribution in [2.45, 2.75) is 45.4 Å². The van der Waals surface area contributed by atoms with E-state index >= 15 is 0 Å². The van der Waals surface area contributed by atoms with E-state index in [4.69, 9.17) is 5.73 Å². The van der Waals surface area contributed by atoms with Gasteiger partial charge in [0, 0.05) is 26.1 Å². The minimum atomic E-state index is 0.295. The average molecular weight is 269 g/mol. The van der Waals surface area contributed by atoms with Gasteiger partial charge >= 0.3 is 0 Å². The molecule has 0 radical (unpaired) electrons. The third-order valence-electron chi connectivity index (χ3n) is 4.03. The predicted molar refractivity (Wildman–Crippen MR) is 80.0 cm³/mol. The average Bonchev–Trinajstić information content (AvgIpc) is 2.43. The van der Waals surface area contributed by atoms with Crippen LogP contribution in [0, 0.1) is 5.92 Å². The lowest BCUT2D eigenvalue weighted by Crippen LogP contribution is -2.41. The van der Waals surface area contributed by atoms with E-state index in [1.807, 2.05) is 4.90 Å². The molecule has 4 nitrogen and oxygen atoms in total. The van der Waals surface area contributed by atoms with Gasteiger partial charge < -0.3 is 15.5 Å². The van der Waals surface area contributed by atoms with Crippen LogP contribution in [0.2, 0.25) is 0 Å². The highest BCUT2D eigenvalue weighted by Crippen LogP contribution is 2.19. The summed E-state index contributed by atoms with van der Waals surface area (Å²) in [5, 5.41) is 0. The van der Waals surface area contributed by atoms with E-state index in [0.717, 1.165) is 38.3 Å². The molecule has 19 heavy (non-hydrogen) atoms. The van der Waals surface area contributed by atoms with Gasteiger partial charge in [-0.1, -0.05) is 13.3 Å². The Labute approximate surface area is 118 Å². The van der Waals surface area contributed by atoms with Crippen LogP contribution in [-0.2, 0) is 4.79 Å². The Balaban J connectivity index is 2.19. The number of nitrogens with two attached hydrogens (primary N) is 1. The number of unbranched alkanes of at least 4 members (excludes halogenated alkanes) is 1. The van der Waals surface area contributed by atoms with E-state index in [9.17, 15) is 4.79 Å². The maximum Gasteiger partial charge on any atom is 0.222 e. The second kappa shape index (κ2) is 9.32. The molecule has 0 atom stereocenters. The summed E-state index contributed by atoms with van der Waals surface area (Å²) in [4.78, 5) is 16.4. The van der Waals surface area contributed by atoms with Gasteiger partial charge in [0.05, 0.1) is 0 Å². The van der Waals surface area contributed by atoms with Crippen LogP contribution >= 0.6 is 0 Å². The summed E-state index contributed by atoms with van der Waals surface area (Å²) >= 11 is 0. The first-order valence-electron chi connectivity index (χ1n) is 7.83. The van der Waals surface area contributed by atoms with Gasteiger partial charge in [-0.05, 0) is 51.7 Å². The van der Waals surface area contributed by atoms with Crippen molar-refractivity contribution in [3.05, 3.63) is 0 Å². The van der Waals surface area contributed by atoms with E-state index in [-0.39, 0.29) is 0 Å². The van der Waals surface area contributed by atoms with Crippen molar-refractivity contribution < 1.29 is 4.79 Å². The van der Waals surface area contributed by atoms with Crippen LogP contribution in [0.4, 0.5) is 0 Å². The number of carbonyl (C=O) groups is 1. The topological polar surface area (TPSA) is 49.6 Å². The summed E-state index contributed by atoms with van der Waals surface area (Å²) in [6, 6.07) is 0. The van der Waals surface area contributed by atoms with E-state index in [1.54, 1.807) is 0 Å². The summed E-state index contributed by atoms with van der Waals surface area (Å²) in [7, 11) is 2.22. The SMILES string of the molecule is CCCCN(C)CC1CCN(C(=O)CCCN)CC1. The van der Waals surface area contributed by atoms with Crippen molar-refractivity contribution in [2.24, 2.45) is 11.7 Å². The second-order valence-electron chi connectivity index (χ2n) is 5.83. The van der Waals surface area contributed by atoms with Gasteiger partial charge in [-0.15, -0.1) is 0 Å². The molecule has 2 N–H and O–H groups in total. The Morgan fingerprint density at radius 3 is 2.58 bits per heavy atom. The molecule has 1 aliphatic rings. The molecular formula is C15H31N3O. The van der Waals surface area contributed by atoms with Gasteiger partial charge in [-0.2, -0.15) is 0 Å². The Kier molecular flexibility index (Phi) is 8.07. The number of piperidine rings is 1. The zero-order valence-corrected chi connectivity index (χ0v) is 12.7. The normalized spacial score (nSPS) is 17.2. The molecule has 0 spiro atoms. The minimum Gasteiger partial charge on any atom is -0.343 e. The number of hydrogen-bond donors (Lipinski definition) is 1. The highest BCUT2D eigenvalue weighted by molar-refractivity contribution is 5.76. The summed E-state index contributed by atoms with van der Waals surface area (Å²) in [5.74, 6) is 1.06. The van der Waals surface area contributed by atoms with Gasteiger partial charge in [-0.25, -0.2) is 0 Å². The van der Waals surface area contributed by atoms with Gasteiger partial charge in [0.2, 0.25) is 5.91 Å². The summed E-state index contributed by atoms with van der Waals surface area (Å²) < 4.78 is 0. The quantitative estimate of drug-likeness (QED) is 0.729. The standard InChI is InChI=1S/C15H31N3O/c1-3-4-10-17(2)13-14-7-11-18(12-8-14)15(19)6-5-9-16/h14H,3-13,16H2,1-2H3.